The largest absolute Gasteiger partial charge is 0.355 e. The van der Waals surface area contributed by atoms with Gasteiger partial charge < -0.3 is 5.32 Å². The number of unbranched alkanes of at least 4 members (excludes halogenated alkanes) is 5. The molecule has 1 amide bonds. The van der Waals surface area contributed by atoms with Crippen molar-refractivity contribution in [2.24, 2.45) is 5.92 Å². The minimum absolute atomic E-state index is 0.0811. The molecular weight excluding hydrogens is 200 g/mol. The monoisotopic (exact) mass is 224 g/mol. The van der Waals surface area contributed by atoms with Gasteiger partial charge >= 0.3 is 0 Å². The molecule has 1 unspecified atom stereocenters. The first-order chi connectivity index (χ1) is 7.70. The van der Waals surface area contributed by atoms with Crippen LogP contribution in [0.15, 0.2) is 0 Å². The van der Waals surface area contributed by atoms with Crippen molar-refractivity contribution in [1.82, 2.24) is 5.32 Å². The second kappa shape index (κ2) is 10.5. The summed E-state index contributed by atoms with van der Waals surface area (Å²) >= 11 is 0. The topological polar surface area (TPSA) is 52.9 Å². The highest BCUT2D eigenvalue weighted by molar-refractivity contribution is 5.75. The first kappa shape index (κ1) is 15.0. The van der Waals surface area contributed by atoms with Crippen LogP contribution in [0.1, 0.15) is 58.8 Å². The van der Waals surface area contributed by atoms with Crippen LogP contribution in [0, 0.1) is 17.2 Å². The summed E-state index contributed by atoms with van der Waals surface area (Å²) in [6, 6.07) is 2.10. The van der Waals surface area contributed by atoms with Crippen LogP contribution in [0.2, 0.25) is 0 Å². The van der Waals surface area contributed by atoms with Crippen molar-refractivity contribution in [2.45, 2.75) is 58.8 Å². The number of carbonyl (C=O) groups is 1. The molecule has 0 aliphatic rings. The summed E-state index contributed by atoms with van der Waals surface area (Å²) < 4.78 is 0. The van der Waals surface area contributed by atoms with Crippen LogP contribution in [0.5, 0.6) is 0 Å². The molecule has 0 heterocycles. The number of carbonyl (C=O) groups excluding carboxylic acids is 1. The van der Waals surface area contributed by atoms with Gasteiger partial charge in [0.1, 0.15) is 0 Å². The van der Waals surface area contributed by atoms with E-state index in [1.807, 2.05) is 6.92 Å². The maximum Gasteiger partial charge on any atom is 0.220 e. The summed E-state index contributed by atoms with van der Waals surface area (Å²) in [7, 11) is 0. The summed E-state index contributed by atoms with van der Waals surface area (Å²) in [4.78, 5) is 11.3. The summed E-state index contributed by atoms with van der Waals surface area (Å²) in [5, 5.41) is 11.3. The van der Waals surface area contributed by atoms with E-state index in [1.165, 1.54) is 25.7 Å². The van der Waals surface area contributed by atoms with Gasteiger partial charge in [-0.15, -0.1) is 0 Å². The molecule has 3 nitrogen and oxygen atoms in total. The fourth-order valence-electron chi connectivity index (χ4n) is 1.47. The zero-order chi connectivity index (χ0) is 12.2. The van der Waals surface area contributed by atoms with Gasteiger partial charge in [0.25, 0.3) is 0 Å². The second-order valence-electron chi connectivity index (χ2n) is 4.35. The van der Waals surface area contributed by atoms with E-state index in [1.54, 1.807) is 0 Å². The Bertz CT molecular complexity index is 220. The molecule has 0 radical (unpaired) electrons. The first-order valence-electron chi connectivity index (χ1n) is 6.37. The second-order valence-corrected chi connectivity index (χ2v) is 4.35. The standard InChI is InChI=1S/C13H24N2O/c1-3-4-5-6-7-8-9-13(16)15-11-12(2)10-14/h12H,3-9,11H2,1-2H3,(H,15,16). The van der Waals surface area contributed by atoms with E-state index in [0.717, 1.165) is 12.8 Å². The highest BCUT2D eigenvalue weighted by Gasteiger charge is 2.03. The van der Waals surface area contributed by atoms with Crippen LogP contribution < -0.4 is 5.32 Å². The lowest BCUT2D eigenvalue weighted by Crippen LogP contribution is -2.27. The number of nitrogens with zero attached hydrogens (tertiary/aromatic N) is 1. The molecular formula is C13H24N2O. The Morgan fingerprint density at radius 1 is 1.25 bits per heavy atom. The number of hydrogen-bond acceptors (Lipinski definition) is 2. The number of amides is 1. The molecule has 0 aromatic rings. The lowest BCUT2D eigenvalue weighted by atomic mass is 10.1. The van der Waals surface area contributed by atoms with E-state index >= 15 is 0 Å². The third kappa shape index (κ3) is 9.51. The smallest absolute Gasteiger partial charge is 0.220 e. The van der Waals surface area contributed by atoms with E-state index in [9.17, 15) is 4.79 Å². The van der Waals surface area contributed by atoms with Crippen molar-refractivity contribution in [1.29, 1.82) is 5.26 Å². The number of nitriles is 1. The molecule has 3 heteroatoms. The van der Waals surface area contributed by atoms with Crippen LogP contribution in [0.4, 0.5) is 0 Å². The Balaban J connectivity index is 3.28. The van der Waals surface area contributed by atoms with Crippen LogP contribution in [-0.4, -0.2) is 12.5 Å². The Morgan fingerprint density at radius 3 is 2.50 bits per heavy atom. The predicted molar refractivity (Wildman–Crippen MR) is 65.8 cm³/mol. The Morgan fingerprint density at radius 2 is 1.88 bits per heavy atom. The van der Waals surface area contributed by atoms with E-state index in [4.69, 9.17) is 5.26 Å². The predicted octanol–water partition coefficient (Wildman–Crippen LogP) is 3.01. The fourth-order valence-corrected chi connectivity index (χ4v) is 1.47. The van der Waals surface area contributed by atoms with Crippen LogP contribution in [-0.2, 0) is 4.79 Å². The Kier molecular flexibility index (Phi) is 9.80. The minimum Gasteiger partial charge on any atom is -0.355 e. The van der Waals surface area contributed by atoms with Crippen molar-refractivity contribution >= 4 is 5.91 Å². The molecule has 0 fully saturated rings. The maximum absolute atomic E-state index is 11.3. The molecule has 0 bridgehead atoms. The zero-order valence-corrected chi connectivity index (χ0v) is 10.6. The molecule has 1 atom stereocenters. The van der Waals surface area contributed by atoms with Gasteiger partial charge in [-0.05, 0) is 13.3 Å². The molecule has 0 saturated carbocycles. The van der Waals surface area contributed by atoms with Gasteiger partial charge in [-0.2, -0.15) is 5.26 Å². The first-order valence-corrected chi connectivity index (χ1v) is 6.37. The lowest BCUT2D eigenvalue weighted by Gasteiger charge is -2.05. The molecule has 16 heavy (non-hydrogen) atoms. The lowest BCUT2D eigenvalue weighted by molar-refractivity contribution is -0.121. The molecule has 0 aromatic carbocycles. The van der Waals surface area contributed by atoms with Gasteiger partial charge in [-0.25, -0.2) is 0 Å². The van der Waals surface area contributed by atoms with Gasteiger partial charge in [0.05, 0.1) is 12.0 Å². The summed E-state index contributed by atoms with van der Waals surface area (Å²) in [5.74, 6) is -0.00824. The van der Waals surface area contributed by atoms with Gasteiger partial charge in [0.2, 0.25) is 5.91 Å². The molecule has 0 aromatic heterocycles. The van der Waals surface area contributed by atoms with Gasteiger partial charge in [0.15, 0.2) is 0 Å². The third-order valence-corrected chi connectivity index (χ3v) is 2.58. The Hall–Kier alpha value is -1.04. The molecule has 0 aliphatic carbocycles. The molecule has 0 saturated heterocycles. The van der Waals surface area contributed by atoms with Gasteiger partial charge in [0, 0.05) is 13.0 Å². The van der Waals surface area contributed by atoms with Crippen LogP contribution >= 0.6 is 0 Å². The maximum atomic E-state index is 11.3. The van der Waals surface area contributed by atoms with Crippen molar-refractivity contribution in [3.63, 3.8) is 0 Å². The third-order valence-electron chi connectivity index (χ3n) is 2.58. The van der Waals surface area contributed by atoms with E-state index in [0.29, 0.717) is 13.0 Å². The van der Waals surface area contributed by atoms with E-state index < -0.39 is 0 Å². The normalized spacial score (nSPS) is 11.8. The highest BCUT2D eigenvalue weighted by atomic mass is 16.1. The summed E-state index contributed by atoms with van der Waals surface area (Å²) in [6.07, 6.45) is 7.78. The molecule has 0 rings (SSSR count). The number of nitrogens with one attached hydrogen (secondary N) is 1. The highest BCUT2D eigenvalue weighted by Crippen LogP contribution is 2.06. The van der Waals surface area contributed by atoms with Crippen LogP contribution in [0.3, 0.4) is 0 Å². The minimum atomic E-state index is -0.0893. The quantitative estimate of drug-likeness (QED) is 0.612. The van der Waals surface area contributed by atoms with Crippen molar-refractivity contribution < 1.29 is 4.79 Å². The number of rotatable bonds is 9. The SMILES string of the molecule is CCCCCCCCC(=O)NCC(C)C#N. The van der Waals surface area contributed by atoms with Crippen LogP contribution in [0.25, 0.3) is 0 Å². The Labute approximate surface area is 99.2 Å². The molecule has 92 valence electrons. The van der Waals surface area contributed by atoms with Crippen molar-refractivity contribution in [3.05, 3.63) is 0 Å². The van der Waals surface area contributed by atoms with E-state index in [2.05, 4.69) is 18.3 Å². The average Bonchev–Trinajstić information content (AvgIpc) is 2.30. The summed E-state index contributed by atoms with van der Waals surface area (Å²) in [6.45, 7) is 4.49. The van der Waals surface area contributed by atoms with Crippen molar-refractivity contribution in [2.75, 3.05) is 6.54 Å². The average molecular weight is 224 g/mol. The molecule has 0 spiro atoms. The zero-order valence-electron chi connectivity index (χ0n) is 10.6. The van der Waals surface area contributed by atoms with Gasteiger partial charge in [-0.3, -0.25) is 4.79 Å². The summed E-state index contributed by atoms with van der Waals surface area (Å²) in [5.41, 5.74) is 0. The van der Waals surface area contributed by atoms with Crippen molar-refractivity contribution in [3.8, 4) is 6.07 Å². The van der Waals surface area contributed by atoms with E-state index in [-0.39, 0.29) is 11.8 Å². The molecule has 0 aliphatic heterocycles. The van der Waals surface area contributed by atoms with Gasteiger partial charge in [-0.1, -0.05) is 39.0 Å². The fraction of sp³-hybridized carbons (Fsp3) is 0.846. The molecule has 1 N–H and O–H groups in total. The number of hydrogen-bond donors (Lipinski definition) is 1.